The molecule has 0 fully saturated rings. The Morgan fingerprint density at radius 3 is 2.76 bits per heavy atom. The third-order valence-electron chi connectivity index (χ3n) is 2.53. The van der Waals surface area contributed by atoms with E-state index < -0.39 is 0 Å². The van der Waals surface area contributed by atoms with E-state index in [-0.39, 0.29) is 5.56 Å². The standard InChI is InChI=1S/C13H9N3O/c17-13-12(9-4-3-7-14-8-9)15-10-5-1-2-6-11(10)16-13/h1-8H,(H,16,17). The fourth-order valence-electron chi connectivity index (χ4n) is 1.73. The first-order valence-corrected chi connectivity index (χ1v) is 5.24. The summed E-state index contributed by atoms with van der Waals surface area (Å²) in [6.45, 7) is 0. The number of benzene rings is 1. The van der Waals surface area contributed by atoms with E-state index in [0.717, 1.165) is 16.6 Å². The second-order valence-corrected chi connectivity index (χ2v) is 3.67. The van der Waals surface area contributed by atoms with Gasteiger partial charge in [0, 0.05) is 18.0 Å². The van der Waals surface area contributed by atoms with Gasteiger partial charge in [0.1, 0.15) is 5.69 Å². The van der Waals surface area contributed by atoms with E-state index in [9.17, 15) is 4.79 Å². The van der Waals surface area contributed by atoms with Crippen molar-refractivity contribution in [1.82, 2.24) is 15.0 Å². The van der Waals surface area contributed by atoms with Crippen molar-refractivity contribution in [2.24, 2.45) is 0 Å². The summed E-state index contributed by atoms with van der Waals surface area (Å²) >= 11 is 0. The minimum absolute atomic E-state index is 0.197. The van der Waals surface area contributed by atoms with Gasteiger partial charge in [-0.05, 0) is 24.3 Å². The Balaban J connectivity index is 2.31. The highest BCUT2D eigenvalue weighted by molar-refractivity contribution is 5.76. The van der Waals surface area contributed by atoms with E-state index in [1.807, 2.05) is 30.3 Å². The molecule has 0 radical (unpaired) electrons. The van der Waals surface area contributed by atoms with Crippen LogP contribution in [0, 0.1) is 0 Å². The molecule has 2 heterocycles. The lowest BCUT2D eigenvalue weighted by molar-refractivity contribution is 1.21. The second-order valence-electron chi connectivity index (χ2n) is 3.67. The van der Waals surface area contributed by atoms with Gasteiger partial charge in [0.2, 0.25) is 0 Å². The normalized spacial score (nSPS) is 10.6. The van der Waals surface area contributed by atoms with Gasteiger partial charge in [-0.2, -0.15) is 0 Å². The van der Waals surface area contributed by atoms with Crippen LogP contribution in [0.2, 0.25) is 0 Å². The Morgan fingerprint density at radius 1 is 1.06 bits per heavy atom. The summed E-state index contributed by atoms with van der Waals surface area (Å²) in [6.07, 6.45) is 3.30. The Hall–Kier alpha value is -2.49. The van der Waals surface area contributed by atoms with Crippen LogP contribution in [-0.4, -0.2) is 15.0 Å². The Bertz CT molecular complexity index is 719. The highest BCUT2D eigenvalue weighted by Crippen LogP contribution is 2.13. The summed E-state index contributed by atoms with van der Waals surface area (Å²) in [4.78, 5) is 23.0. The first-order chi connectivity index (χ1) is 8.34. The lowest BCUT2D eigenvalue weighted by Crippen LogP contribution is -2.11. The van der Waals surface area contributed by atoms with E-state index in [0.29, 0.717) is 5.69 Å². The molecule has 4 heteroatoms. The van der Waals surface area contributed by atoms with Crippen LogP contribution < -0.4 is 5.56 Å². The zero-order valence-corrected chi connectivity index (χ0v) is 8.92. The maximum atomic E-state index is 11.9. The number of nitrogens with zero attached hydrogens (tertiary/aromatic N) is 2. The zero-order chi connectivity index (χ0) is 11.7. The van der Waals surface area contributed by atoms with E-state index in [2.05, 4.69) is 15.0 Å². The van der Waals surface area contributed by atoms with Gasteiger partial charge in [-0.15, -0.1) is 0 Å². The number of H-pyrrole nitrogens is 1. The Kier molecular flexibility index (Phi) is 2.19. The third kappa shape index (κ3) is 1.69. The van der Waals surface area contributed by atoms with Crippen molar-refractivity contribution in [2.45, 2.75) is 0 Å². The van der Waals surface area contributed by atoms with Crippen molar-refractivity contribution in [3.05, 3.63) is 59.1 Å². The predicted octanol–water partition coefficient (Wildman–Crippen LogP) is 1.99. The summed E-state index contributed by atoms with van der Waals surface area (Å²) in [5.74, 6) is 0. The smallest absolute Gasteiger partial charge is 0.275 e. The summed E-state index contributed by atoms with van der Waals surface area (Å²) in [5.41, 5.74) is 2.43. The fraction of sp³-hybridized carbons (Fsp3) is 0. The van der Waals surface area contributed by atoms with Gasteiger partial charge in [-0.1, -0.05) is 12.1 Å². The molecule has 3 aromatic rings. The molecule has 1 aromatic carbocycles. The van der Waals surface area contributed by atoms with Gasteiger partial charge in [0.25, 0.3) is 5.56 Å². The average molecular weight is 223 g/mol. The van der Waals surface area contributed by atoms with Crippen LogP contribution in [0.3, 0.4) is 0 Å². The van der Waals surface area contributed by atoms with E-state index >= 15 is 0 Å². The monoisotopic (exact) mass is 223 g/mol. The molecular weight excluding hydrogens is 214 g/mol. The maximum absolute atomic E-state index is 11.9. The molecule has 1 N–H and O–H groups in total. The number of rotatable bonds is 1. The molecule has 0 unspecified atom stereocenters. The van der Waals surface area contributed by atoms with E-state index in [1.165, 1.54) is 0 Å². The molecule has 0 amide bonds. The zero-order valence-electron chi connectivity index (χ0n) is 8.92. The molecule has 4 nitrogen and oxygen atoms in total. The number of hydrogen-bond acceptors (Lipinski definition) is 3. The summed E-state index contributed by atoms with van der Waals surface area (Å²) in [6, 6.07) is 11.1. The molecule has 0 spiro atoms. The number of aromatic amines is 1. The van der Waals surface area contributed by atoms with Crippen molar-refractivity contribution >= 4 is 11.0 Å². The molecular formula is C13H9N3O. The van der Waals surface area contributed by atoms with Crippen LogP contribution in [0.15, 0.2) is 53.6 Å². The largest absolute Gasteiger partial charge is 0.319 e. The fourth-order valence-corrected chi connectivity index (χ4v) is 1.73. The molecule has 17 heavy (non-hydrogen) atoms. The molecule has 0 saturated heterocycles. The van der Waals surface area contributed by atoms with Gasteiger partial charge < -0.3 is 4.98 Å². The van der Waals surface area contributed by atoms with Crippen LogP contribution in [0.25, 0.3) is 22.3 Å². The molecule has 0 aliphatic heterocycles. The number of pyridine rings is 1. The minimum Gasteiger partial charge on any atom is -0.319 e. The molecule has 0 bridgehead atoms. The number of nitrogens with one attached hydrogen (secondary N) is 1. The van der Waals surface area contributed by atoms with Gasteiger partial charge in [0.05, 0.1) is 11.0 Å². The predicted molar refractivity (Wildman–Crippen MR) is 65.6 cm³/mol. The van der Waals surface area contributed by atoms with Crippen molar-refractivity contribution < 1.29 is 0 Å². The lowest BCUT2D eigenvalue weighted by atomic mass is 10.2. The maximum Gasteiger partial charge on any atom is 0.275 e. The highest BCUT2D eigenvalue weighted by atomic mass is 16.1. The van der Waals surface area contributed by atoms with Crippen molar-refractivity contribution in [2.75, 3.05) is 0 Å². The molecule has 3 rings (SSSR count). The van der Waals surface area contributed by atoms with Gasteiger partial charge >= 0.3 is 0 Å². The summed E-state index contributed by atoms with van der Waals surface area (Å²) in [5, 5.41) is 0. The van der Waals surface area contributed by atoms with Crippen LogP contribution in [0.5, 0.6) is 0 Å². The molecule has 0 atom stereocenters. The SMILES string of the molecule is O=c1[nH]c2ccccc2nc1-c1cccnc1. The minimum atomic E-state index is -0.197. The Labute approximate surface area is 97.0 Å². The molecule has 2 aromatic heterocycles. The van der Waals surface area contributed by atoms with Crippen molar-refractivity contribution in [1.29, 1.82) is 0 Å². The summed E-state index contributed by atoms with van der Waals surface area (Å²) < 4.78 is 0. The average Bonchev–Trinajstić information content (AvgIpc) is 2.39. The van der Waals surface area contributed by atoms with E-state index in [4.69, 9.17) is 0 Å². The number of para-hydroxylation sites is 2. The molecule has 0 saturated carbocycles. The second kappa shape index (κ2) is 3.83. The van der Waals surface area contributed by atoms with Crippen LogP contribution in [0.4, 0.5) is 0 Å². The first-order valence-electron chi connectivity index (χ1n) is 5.24. The van der Waals surface area contributed by atoms with E-state index in [1.54, 1.807) is 18.5 Å². The van der Waals surface area contributed by atoms with Crippen molar-refractivity contribution in [3.63, 3.8) is 0 Å². The van der Waals surface area contributed by atoms with Crippen molar-refractivity contribution in [3.8, 4) is 11.3 Å². The lowest BCUT2D eigenvalue weighted by Gasteiger charge is -2.01. The van der Waals surface area contributed by atoms with Gasteiger partial charge in [-0.3, -0.25) is 9.78 Å². The van der Waals surface area contributed by atoms with Crippen LogP contribution >= 0.6 is 0 Å². The number of fused-ring (bicyclic) bond motifs is 1. The van der Waals surface area contributed by atoms with Gasteiger partial charge in [-0.25, -0.2) is 4.98 Å². The number of aromatic nitrogens is 3. The highest BCUT2D eigenvalue weighted by Gasteiger charge is 2.06. The third-order valence-corrected chi connectivity index (χ3v) is 2.53. The number of hydrogen-bond donors (Lipinski definition) is 1. The summed E-state index contributed by atoms with van der Waals surface area (Å²) in [7, 11) is 0. The van der Waals surface area contributed by atoms with Gasteiger partial charge in [0.15, 0.2) is 0 Å². The quantitative estimate of drug-likeness (QED) is 0.686. The van der Waals surface area contributed by atoms with Crippen LogP contribution in [-0.2, 0) is 0 Å². The Morgan fingerprint density at radius 2 is 1.94 bits per heavy atom. The molecule has 0 aliphatic carbocycles. The molecule has 82 valence electrons. The first kappa shape index (κ1) is 9.72. The van der Waals surface area contributed by atoms with Crippen LogP contribution in [0.1, 0.15) is 0 Å². The molecule has 0 aliphatic rings. The topological polar surface area (TPSA) is 58.6 Å².